The zero-order valence-corrected chi connectivity index (χ0v) is 13.4. The SMILES string of the molecule is CC(=O)N1CCN(C(=O)C=C(C)CCc2ccccc2)CC1. The van der Waals surface area contributed by atoms with Crippen LogP contribution in [0, 0.1) is 0 Å². The molecule has 1 heterocycles. The van der Waals surface area contributed by atoms with Crippen molar-refractivity contribution >= 4 is 11.8 Å². The second kappa shape index (κ2) is 7.78. The highest BCUT2D eigenvalue weighted by Crippen LogP contribution is 2.10. The molecule has 1 fully saturated rings. The van der Waals surface area contributed by atoms with Gasteiger partial charge in [-0.3, -0.25) is 9.59 Å². The third-order valence-electron chi connectivity index (χ3n) is 4.06. The molecule has 0 saturated carbocycles. The lowest BCUT2D eigenvalue weighted by atomic mass is 10.1. The van der Waals surface area contributed by atoms with Crippen LogP contribution in [0.4, 0.5) is 0 Å². The van der Waals surface area contributed by atoms with Crippen molar-refractivity contribution in [3.05, 3.63) is 47.5 Å². The molecule has 0 N–H and O–H groups in total. The minimum absolute atomic E-state index is 0.0637. The van der Waals surface area contributed by atoms with E-state index in [9.17, 15) is 9.59 Å². The fourth-order valence-electron chi connectivity index (χ4n) is 2.60. The first kappa shape index (κ1) is 16.3. The zero-order chi connectivity index (χ0) is 15.9. The lowest BCUT2D eigenvalue weighted by molar-refractivity contribution is -0.135. The molecule has 2 amide bonds. The second-order valence-corrected chi connectivity index (χ2v) is 5.81. The van der Waals surface area contributed by atoms with E-state index in [4.69, 9.17) is 0 Å². The average molecular weight is 300 g/mol. The predicted octanol–water partition coefficient (Wildman–Crippen LogP) is 2.26. The molecule has 0 aliphatic carbocycles. The summed E-state index contributed by atoms with van der Waals surface area (Å²) in [6.45, 7) is 6.11. The largest absolute Gasteiger partial charge is 0.339 e. The first-order valence-corrected chi connectivity index (χ1v) is 7.82. The maximum Gasteiger partial charge on any atom is 0.246 e. The average Bonchev–Trinajstić information content (AvgIpc) is 2.54. The third kappa shape index (κ3) is 4.72. The van der Waals surface area contributed by atoms with Gasteiger partial charge in [-0.2, -0.15) is 0 Å². The number of aryl methyl sites for hydroxylation is 1. The summed E-state index contributed by atoms with van der Waals surface area (Å²) in [5, 5.41) is 0. The van der Waals surface area contributed by atoms with Crippen LogP contribution in [0.1, 0.15) is 25.8 Å². The Morgan fingerprint density at radius 2 is 1.59 bits per heavy atom. The normalized spacial score (nSPS) is 15.8. The molecule has 0 aromatic heterocycles. The molecule has 1 aliphatic rings. The van der Waals surface area contributed by atoms with Crippen molar-refractivity contribution in [2.24, 2.45) is 0 Å². The van der Waals surface area contributed by atoms with Crippen molar-refractivity contribution in [2.75, 3.05) is 26.2 Å². The third-order valence-corrected chi connectivity index (χ3v) is 4.06. The second-order valence-electron chi connectivity index (χ2n) is 5.81. The fraction of sp³-hybridized carbons (Fsp3) is 0.444. The summed E-state index contributed by atoms with van der Waals surface area (Å²) in [5.74, 6) is 0.149. The van der Waals surface area contributed by atoms with Crippen LogP contribution in [0.5, 0.6) is 0 Å². The molecular formula is C18H24N2O2. The molecule has 118 valence electrons. The lowest BCUT2D eigenvalue weighted by Gasteiger charge is -2.33. The van der Waals surface area contributed by atoms with Crippen molar-refractivity contribution < 1.29 is 9.59 Å². The molecule has 1 aliphatic heterocycles. The molecule has 0 atom stereocenters. The first-order chi connectivity index (χ1) is 10.6. The molecule has 1 aromatic rings. The van der Waals surface area contributed by atoms with E-state index in [0.29, 0.717) is 26.2 Å². The molecule has 2 rings (SSSR count). The number of piperazine rings is 1. The minimum atomic E-state index is 0.0637. The standard InChI is InChI=1S/C18H24N2O2/c1-15(8-9-17-6-4-3-5-7-17)14-18(22)20-12-10-19(11-13-20)16(2)21/h3-7,14H,8-13H2,1-2H3. The van der Waals surface area contributed by atoms with Gasteiger partial charge >= 0.3 is 0 Å². The van der Waals surface area contributed by atoms with Gasteiger partial charge in [0.2, 0.25) is 11.8 Å². The summed E-state index contributed by atoms with van der Waals surface area (Å²) in [6, 6.07) is 10.3. The van der Waals surface area contributed by atoms with E-state index in [-0.39, 0.29) is 11.8 Å². The van der Waals surface area contributed by atoms with Gasteiger partial charge in [0.05, 0.1) is 0 Å². The highest BCUT2D eigenvalue weighted by Gasteiger charge is 2.21. The number of allylic oxidation sites excluding steroid dienone is 1. The van der Waals surface area contributed by atoms with E-state index >= 15 is 0 Å². The Kier molecular flexibility index (Phi) is 5.75. The molecule has 1 saturated heterocycles. The van der Waals surface area contributed by atoms with E-state index in [1.807, 2.05) is 30.0 Å². The van der Waals surface area contributed by atoms with Crippen LogP contribution >= 0.6 is 0 Å². The van der Waals surface area contributed by atoms with Crippen LogP contribution in [0.3, 0.4) is 0 Å². The van der Waals surface area contributed by atoms with Crippen LogP contribution in [-0.2, 0) is 16.0 Å². The van der Waals surface area contributed by atoms with Crippen molar-refractivity contribution in [2.45, 2.75) is 26.7 Å². The van der Waals surface area contributed by atoms with E-state index in [0.717, 1.165) is 18.4 Å². The van der Waals surface area contributed by atoms with Gasteiger partial charge in [0.1, 0.15) is 0 Å². The molecule has 0 radical (unpaired) electrons. The van der Waals surface area contributed by atoms with E-state index in [2.05, 4.69) is 12.1 Å². The number of amides is 2. The van der Waals surface area contributed by atoms with Gasteiger partial charge < -0.3 is 9.80 Å². The number of benzene rings is 1. The Bertz CT molecular complexity index is 543. The van der Waals surface area contributed by atoms with Crippen molar-refractivity contribution in [3.8, 4) is 0 Å². The van der Waals surface area contributed by atoms with Crippen molar-refractivity contribution in [1.82, 2.24) is 9.80 Å². The topological polar surface area (TPSA) is 40.6 Å². The Hall–Kier alpha value is -2.10. The highest BCUT2D eigenvalue weighted by molar-refractivity contribution is 5.88. The smallest absolute Gasteiger partial charge is 0.246 e. The Morgan fingerprint density at radius 3 is 2.18 bits per heavy atom. The predicted molar refractivity (Wildman–Crippen MR) is 87.4 cm³/mol. The van der Waals surface area contributed by atoms with Gasteiger partial charge in [-0.15, -0.1) is 0 Å². The van der Waals surface area contributed by atoms with Gasteiger partial charge in [0.15, 0.2) is 0 Å². The molecule has 0 unspecified atom stereocenters. The first-order valence-electron chi connectivity index (χ1n) is 7.82. The number of carbonyl (C=O) groups excluding carboxylic acids is 2. The summed E-state index contributed by atoms with van der Waals surface area (Å²) >= 11 is 0. The summed E-state index contributed by atoms with van der Waals surface area (Å²) in [7, 11) is 0. The molecule has 0 bridgehead atoms. The Labute approximate surface area is 132 Å². The van der Waals surface area contributed by atoms with Crippen molar-refractivity contribution in [1.29, 1.82) is 0 Å². The van der Waals surface area contributed by atoms with E-state index in [1.54, 1.807) is 17.9 Å². The number of hydrogen-bond acceptors (Lipinski definition) is 2. The summed E-state index contributed by atoms with van der Waals surface area (Å²) in [4.78, 5) is 27.1. The number of nitrogens with zero attached hydrogens (tertiary/aromatic N) is 2. The maximum absolute atomic E-state index is 12.2. The summed E-state index contributed by atoms with van der Waals surface area (Å²) < 4.78 is 0. The van der Waals surface area contributed by atoms with E-state index in [1.165, 1.54) is 5.56 Å². The number of hydrogen-bond donors (Lipinski definition) is 0. The van der Waals surface area contributed by atoms with Crippen LogP contribution in [0.2, 0.25) is 0 Å². The van der Waals surface area contributed by atoms with Gasteiger partial charge in [0.25, 0.3) is 0 Å². The van der Waals surface area contributed by atoms with Gasteiger partial charge in [-0.1, -0.05) is 35.9 Å². The maximum atomic E-state index is 12.2. The summed E-state index contributed by atoms with van der Waals surface area (Å²) in [6.07, 6.45) is 3.59. The Balaban J connectivity index is 1.81. The van der Waals surface area contributed by atoms with Crippen molar-refractivity contribution in [3.63, 3.8) is 0 Å². The highest BCUT2D eigenvalue weighted by atomic mass is 16.2. The molecule has 22 heavy (non-hydrogen) atoms. The molecule has 0 spiro atoms. The van der Waals surface area contributed by atoms with Crippen LogP contribution in [0.15, 0.2) is 42.0 Å². The van der Waals surface area contributed by atoms with Crippen LogP contribution in [-0.4, -0.2) is 47.8 Å². The zero-order valence-electron chi connectivity index (χ0n) is 13.4. The van der Waals surface area contributed by atoms with Gasteiger partial charge in [-0.25, -0.2) is 0 Å². The number of rotatable bonds is 4. The molecular weight excluding hydrogens is 276 g/mol. The summed E-state index contributed by atoms with van der Waals surface area (Å²) in [5.41, 5.74) is 2.39. The van der Waals surface area contributed by atoms with Gasteiger partial charge in [-0.05, 0) is 25.3 Å². The fourth-order valence-corrected chi connectivity index (χ4v) is 2.60. The molecule has 1 aromatic carbocycles. The lowest BCUT2D eigenvalue weighted by Crippen LogP contribution is -2.49. The Morgan fingerprint density at radius 1 is 1.00 bits per heavy atom. The number of carbonyl (C=O) groups is 2. The van der Waals surface area contributed by atoms with Gasteiger partial charge in [0, 0.05) is 39.2 Å². The van der Waals surface area contributed by atoms with Crippen LogP contribution < -0.4 is 0 Å². The van der Waals surface area contributed by atoms with Crippen LogP contribution in [0.25, 0.3) is 0 Å². The molecule has 4 heteroatoms. The molecule has 4 nitrogen and oxygen atoms in total. The van der Waals surface area contributed by atoms with E-state index < -0.39 is 0 Å². The quantitative estimate of drug-likeness (QED) is 0.800. The monoisotopic (exact) mass is 300 g/mol. The minimum Gasteiger partial charge on any atom is -0.339 e.